The molecule has 0 bridgehead atoms. The van der Waals surface area contributed by atoms with Crippen LogP contribution in [-0.2, 0) is 10.0 Å². The Hall–Kier alpha value is -3.07. The van der Waals surface area contributed by atoms with E-state index in [0.29, 0.717) is 41.8 Å². The molecule has 2 aromatic carbocycles. The standard InChI is InChI=1S/C19H21N3O5S/c1-4-25-15-8-6-14(7-9-15)22-28(23,24)16-10-11-18(26-5-2)17(12-16)19-20-13(3)21-27-19/h6-12,22H,4-5H2,1-3H3. The summed E-state index contributed by atoms with van der Waals surface area (Å²) in [7, 11) is -3.83. The lowest BCUT2D eigenvalue weighted by atomic mass is 10.2. The molecule has 8 nitrogen and oxygen atoms in total. The molecule has 0 amide bonds. The van der Waals surface area contributed by atoms with Crippen molar-refractivity contribution in [2.75, 3.05) is 17.9 Å². The smallest absolute Gasteiger partial charge is 0.261 e. The Labute approximate surface area is 163 Å². The zero-order chi connectivity index (χ0) is 20.1. The van der Waals surface area contributed by atoms with Gasteiger partial charge in [0, 0.05) is 5.69 Å². The lowest BCUT2D eigenvalue weighted by molar-refractivity contribution is 0.339. The summed E-state index contributed by atoms with van der Waals surface area (Å²) < 4.78 is 44.3. The van der Waals surface area contributed by atoms with Gasteiger partial charge in [-0.3, -0.25) is 4.72 Å². The van der Waals surface area contributed by atoms with E-state index < -0.39 is 10.0 Å². The maximum atomic E-state index is 12.8. The van der Waals surface area contributed by atoms with E-state index in [2.05, 4.69) is 14.9 Å². The van der Waals surface area contributed by atoms with Crippen molar-refractivity contribution in [3.8, 4) is 23.0 Å². The highest BCUT2D eigenvalue weighted by molar-refractivity contribution is 7.92. The summed E-state index contributed by atoms with van der Waals surface area (Å²) in [5.74, 6) is 1.77. The molecule has 9 heteroatoms. The topological polar surface area (TPSA) is 104 Å². The van der Waals surface area contributed by atoms with Crippen LogP contribution in [0.15, 0.2) is 51.9 Å². The predicted octanol–water partition coefficient (Wildman–Crippen LogP) is 3.64. The lowest BCUT2D eigenvalue weighted by Crippen LogP contribution is -2.13. The second-order valence-corrected chi connectivity index (χ2v) is 7.48. The van der Waals surface area contributed by atoms with Crippen LogP contribution in [-0.4, -0.2) is 31.8 Å². The first kappa shape index (κ1) is 19.7. The number of ether oxygens (including phenoxy) is 2. The molecule has 1 aromatic heterocycles. The van der Waals surface area contributed by atoms with Gasteiger partial charge < -0.3 is 14.0 Å². The molecule has 0 saturated heterocycles. The largest absolute Gasteiger partial charge is 0.494 e. The van der Waals surface area contributed by atoms with Gasteiger partial charge in [0.25, 0.3) is 15.9 Å². The summed E-state index contributed by atoms with van der Waals surface area (Å²) >= 11 is 0. The Morgan fingerprint density at radius 3 is 2.36 bits per heavy atom. The van der Waals surface area contributed by atoms with Crippen molar-refractivity contribution in [2.24, 2.45) is 0 Å². The molecular formula is C19H21N3O5S. The number of aryl methyl sites for hydroxylation is 1. The third kappa shape index (κ3) is 4.42. The van der Waals surface area contributed by atoms with Crippen LogP contribution in [0.25, 0.3) is 11.5 Å². The van der Waals surface area contributed by atoms with E-state index in [1.165, 1.54) is 12.1 Å². The zero-order valence-electron chi connectivity index (χ0n) is 15.8. The van der Waals surface area contributed by atoms with Crippen molar-refractivity contribution in [3.05, 3.63) is 48.3 Å². The van der Waals surface area contributed by atoms with Gasteiger partial charge in [0.2, 0.25) is 0 Å². The fraction of sp³-hybridized carbons (Fsp3) is 0.263. The fourth-order valence-electron chi connectivity index (χ4n) is 2.53. The van der Waals surface area contributed by atoms with Crippen LogP contribution in [0.3, 0.4) is 0 Å². The average molecular weight is 403 g/mol. The first-order valence-corrected chi connectivity index (χ1v) is 10.2. The van der Waals surface area contributed by atoms with E-state index in [1.54, 1.807) is 37.3 Å². The number of hydrogen-bond acceptors (Lipinski definition) is 7. The number of sulfonamides is 1. The SMILES string of the molecule is CCOc1ccc(NS(=O)(=O)c2ccc(OCC)c(-c3nc(C)no3)c2)cc1. The number of benzene rings is 2. The molecule has 3 aromatic rings. The molecular weight excluding hydrogens is 382 g/mol. The second kappa shape index (κ2) is 8.30. The Kier molecular flexibility index (Phi) is 5.84. The molecule has 0 aliphatic heterocycles. The van der Waals surface area contributed by atoms with E-state index in [0.717, 1.165) is 0 Å². The number of anilines is 1. The Bertz CT molecular complexity index is 1050. The summed E-state index contributed by atoms with van der Waals surface area (Å²) in [5.41, 5.74) is 0.838. The summed E-state index contributed by atoms with van der Waals surface area (Å²) in [6.45, 7) is 6.35. The van der Waals surface area contributed by atoms with Gasteiger partial charge in [-0.2, -0.15) is 4.98 Å². The van der Waals surface area contributed by atoms with Crippen LogP contribution in [0.5, 0.6) is 11.5 Å². The van der Waals surface area contributed by atoms with E-state index >= 15 is 0 Å². The highest BCUT2D eigenvalue weighted by Crippen LogP contribution is 2.32. The van der Waals surface area contributed by atoms with Crippen LogP contribution < -0.4 is 14.2 Å². The van der Waals surface area contributed by atoms with Gasteiger partial charge in [0.15, 0.2) is 5.82 Å². The van der Waals surface area contributed by atoms with Crippen LogP contribution in [0.4, 0.5) is 5.69 Å². The van der Waals surface area contributed by atoms with Crippen molar-refractivity contribution in [2.45, 2.75) is 25.7 Å². The molecule has 0 unspecified atom stereocenters. The second-order valence-electron chi connectivity index (χ2n) is 5.80. The Morgan fingerprint density at radius 1 is 1.04 bits per heavy atom. The average Bonchev–Trinajstić information content (AvgIpc) is 3.10. The molecule has 0 spiro atoms. The van der Waals surface area contributed by atoms with Crippen molar-refractivity contribution in [3.63, 3.8) is 0 Å². The summed E-state index contributed by atoms with van der Waals surface area (Å²) in [4.78, 5) is 4.22. The summed E-state index contributed by atoms with van der Waals surface area (Å²) in [6.07, 6.45) is 0. The molecule has 28 heavy (non-hydrogen) atoms. The van der Waals surface area contributed by atoms with Gasteiger partial charge in [-0.1, -0.05) is 5.16 Å². The fourth-order valence-corrected chi connectivity index (χ4v) is 3.62. The molecule has 0 aliphatic rings. The van der Waals surface area contributed by atoms with E-state index in [4.69, 9.17) is 14.0 Å². The first-order valence-electron chi connectivity index (χ1n) is 8.76. The Balaban J connectivity index is 1.92. The van der Waals surface area contributed by atoms with Gasteiger partial charge in [0.1, 0.15) is 11.5 Å². The van der Waals surface area contributed by atoms with Crippen LogP contribution in [0.2, 0.25) is 0 Å². The minimum absolute atomic E-state index is 0.0516. The normalized spacial score (nSPS) is 11.2. The quantitative estimate of drug-likeness (QED) is 0.612. The van der Waals surface area contributed by atoms with Gasteiger partial charge in [-0.15, -0.1) is 0 Å². The van der Waals surface area contributed by atoms with E-state index in [9.17, 15) is 8.42 Å². The van der Waals surface area contributed by atoms with Gasteiger partial charge in [-0.05, 0) is 63.2 Å². The Morgan fingerprint density at radius 2 is 1.75 bits per heavy atom. The third-order valence-corrected chi connectivity index (χ3v) is 5.12. The van der Waals surface area contributed by atoms with Gasteiger partial charge in [0.05, 0.1) is 23.7 Å². The molecule has 0 atom stereocenters. The number of rotatable bonds is 8. The van der Waals surface area contributed by atoms with Crippen molar-refractivity contribution >= 4 is 15.7 Å². The summed E-state index contributed by atoms with van der Waals surface area (Å²) in [5, 5.41) is 3.76. The van der Waals surface area contributed by atoms with Crippen LogP contribution in [0.1, 0.15) is 19.7 Å². The maximum absolute atomic E-state index is 12.8. The molecule has 1 heterocycles. The minimum Gasteiger partial charge on any atom is -0.494 e. The minimum atomic E-state index is -3.83. The highest BCUT2D eigenvalue weighted by atomic mass is 32.2. The third-order valence-electron chi connectivity index (χ3n) is 3.74. The number of nitrogens with one attached hydrogen (secondary N) is 1. The van der Waals surface area contributed by atoms with E-state index in [-0.39, 0.29) is 10.8 Å². The van der Waals surface area contributed by atoms with Crippen LogP contribution >= 0.6 is 0 Å². The zero-order valence-corrected chi connectivity index (χ0v) is 16.6. The monoisotopic (exact) mass is 403 g/mol. The summed E-state index contributed by atoms with van der Waals surface area (Å²) in [6, 6.07) is 11.2. The molecule has 0 radical (unpaired) electrons. The highest BCUT2D eigenvalue weighted by Gasteiger charge is 2.20. The molecule has 1 N–H and O–H groups in total. The molecule has 0 aliphatic carbocycles. The molecule has 3 rings (SSSR count). The van der Waals surface area contributed by atoms with Gasteiger partial charge in [-0.25, -0.2) is 8.42 Å². The number of nitrogens with zero attached hydrogens (tertiary/aromatic N) is 2. The number of hydrogen-bond donors (Lipinski definition) is 1. The van der Waals surface area contributed by atoms with Crippen molar-refractivity contribution in [1.82, 2.24) is 10.1 Å². The lowest BCUT2D eigenvalue weighted by Gasteiger charge is -2.12. The molecule has 0 saturated carbocycles. The molecule has 148 valence electrons. The predicted molar refractivity (Wildman–Crippen MR) is 104 cm³/mol. The van der Waals surface area contributed by atoms with Crippen LogP contribution in [0, 0.1) is 6.92 Å². The van der Waals surface area contributed by atoms with Crippen molar-refractivity contribution < 1.29 is 22.4 Å². The maximum Gasteiger partial charge on any atom is 0.261 e. The molecule has 0 fully saturated rings. The first-order chi connectivity index (χ1) is 13.4. The van der Waals surface area contributed by atoms with Gasteiger partial charge >= 0.3 is 0 Å². The number of aromatic nitrogens is 2. The van der Waals surface area contributed by atoms with Crippen molar-refractivity contribution in [1.29, 1.82) is 0 Å². The van der Waals surface area contributed by atoms with E-state index in [1.807, 2.05) is 13.8 Å².